The number of nitrogens with zero attached hydrogens (tertiary/aromatic N) is 2. The SMILES string of the molecule is FCC1(Cn2cnc3ccccc32)CC1. The molecule has 0 atom stereocenters. The lowest BCUT2D eigenvalue weighted by atomic mass is 10.1. The number of imidazole rings is 1. The predicted molar refractivity (Wildman–Crippen MR) is 57.4 cm³/mol. The van der Waals surface area contributed by atoms with Gasteiger partial charge in [-0.2, -0.15) is 0 Å². The van der Waals surface area contributed by atoms with Gasteiger partial charge in [0.15, 0.2) is 0 Å². The first-order valence-corrected chi connectivity index (χ1v) is 5.29. The van der Waals surface area contributed by atoms with Gasteiger partial charge in [0.25, 0.3) is 0 Å². The van der Waals surface area contributed by atoms with Crippen molar-refractivity contribution in [3.8, 4) is 0 Å². The van der Waals surface area contributed by atoms with E-state index in [-0.39, 0.29) is 12.1 Å². The van der Waals surface area contributed by atoms with Crippen LogP contribution in [0.15, 0.2) is 30.6 Å². The van der Waals surface area contributed by atoms with E-state index >= 15 is 0 Å². The quantitative estimate of drug-likeness (QED) is 0.751. The van der Waals surface area contributed by atoms with Gasteiger partial charge in [0.2, 0.25) is 0 Å². The molecule has 78 valence electrons. The van der Waals surface area contributed by atoms with Crippen molar-refractivity contribution in [2.75, 3.05) is 6.67 Å². The van der Waals surface area contributed by atoms with Crippen molar-refractivity contribution in [3.05, 3.63) is 30.6 Å². The maximum atomic E-state index is 12.8. The van der Waals surface area contributed by atoms with Gasteiger partial charge in [-0.25, -0.2) is 4.98 Å². The topological polar surface area (TPSA) is 17.8 Å². The maximum Gasteiger partial charge on any atom is 0.0967 e. The van der Waals surface area contributed by atoms with Crippen LogP contribution in [0.2, 0.25) is 0 Å². The second-order valence-electron chi connectivity index (χ2n) is 4.49. The van der Waals surface area contributed by atoms with Gasteiger partial charge in [0, 0.05) is 12.0 Å². The van der Waals surface area contributed by atoms with E-state index in [4.69, 9.17) is 0 Å². The summed E-state index contributed by atoms with van der Waals surface area (Å²) in [6, 6.07) is 7.99. The third kappa shape index (κ3) is 1.42. The molecule has 0 bridgehead atoms. The Morgan fingerprint density at radius 3 is 2.87 bits per heavy atom. The average Bonchev–Trinajstić information content (AvgIpc) is 2.95. The molecule has 1 aromatic carbocycles. The van der Waals surface area contributed by atoms with Gasteiger partial charge in [-0.15, -0.1) is 0 Å². The second kappa shape index (κ2) is 3.05. The fourth-order valence-electron chi connectivity index (χ4n) is 2.01. The Balaban J connectivity index is 1.98. The highest BCUT2D eigenvalue weighted by Crippen LogP contribution is 2.47. The molecule has 2 nitrogen and oxygen atoms in total. The second-order valence-corrected chi connectivity index (χ2v) is 4.49. The van der Waals surface area contributed by atoms with Gasteiger partial charge in [0.05, 0.1) is 24.0 Å². The number of rotatable bonds is 3. The molecule has 0 aliphatic heterocycles. The van der Waals surface area contributed by atoms with Crippen LogP contribution in [0.25, 0.3) is 11.0 Å². The van der Waals surface area contributed by atoms with Gasteiger partial charge < -0.3 is 4.57 Å². The number of fused-ring (bicyclic) bond motifs is 1. The van der Waals surface area contributed by atoms with Gasteiger partial charge in [-0.3, -0.25) is 4.39 Å². The number of benzene rings is 1. The van der Waals surface area contributed by atoms with Gasteiger partial charge in [0.1, 0.15) is 0 Å². The van der Waals surface area contributed by atoms with Gasteiger partial charge >= 0.3 is 0 Å². The highest BCUT2D eigenvalue weighted by Gasteiger charge is 2.43. The molecule has 0 amide bonds. The van der Waals surface area contributed by atoms with Crippen LogP contribution in [0.3, 0.4) is 0 Å². The molecule has 2 aromatic rings. The van der Waals surface area contributed by atoms with E-state index in [0.29, 0.717) is 0 Å². The first-order chi connectivity index (χ1) is 7.33. The van der Waals surface area contributed by atoms with E-state index in [9.17, 15) is 4.39 Å². The Morgan fingerprint density at radius 1 is 1.33 bits per heavy atom. The van der Waals surface area contributed by atoms with Crippen molar-refractivity contribution in [3.63, 3.8) is 0 Å². The molecule has 0 unspecified atom stereocenters. The summed E-state index contributed by atoms with van der Waals surface area (Å²) in [6.07, 6.45) is 3.84. The molecule has 1 heterocycles. The molecule has 0 N–H and O–H groups in total. The number of hydrogen-bond donors (Lipinski definition) is 0. The third-order valence-corrected chi connectivity index (χ3v) is 3.27. The molecule has 1 aliphatic rings. The van der Waals surface area contributed by atoms with E-state index in [1.807, 2.05) is 30.6 Å². The summed E-state index contributed by atoms with van der Waals surface area (Å²) in [4.78, 5) is 4.31. The monoisotopic (exact) mass is 204 g/mol. The summed E-state index contributed by atoms with van der Waals surface area (Å²) in [5, 5.41) is 0. The molecule has 1 saturated carbocycles. The summed E-state index contributed by atoms with van der Waals surface area (Å²) in [5.41, 5.74) is 2.02. The fraction of sp³-hybridized carbons (Fsp3) is 0.417. The Hall–Kier alpha value is -1.38. The lowest BCUT2D eigenvalue weighted by molar-refractivity contribution is 0.308. The molecular formula is C12H13FN2. The van der Waals surface area contributed by atoms with Crippen LogP contribution < -0.4 is 0 Å². The summed E-state index contributed by atoms with van der Waals surface area (Å²) in [7, 11) is 0. The Labute approximate surface area is 87.7 Å². The van der Waals surface area contributed by atoms with Crippen molar-refractivity contribution in [2.24, 2.45) is 5.41 Å². The van der Waals surface area contributed by atoms with Crippen molar-refractivity contribution in [1.29, 1.82) is 0 Å². The molecular weight excluding hydrogens is 191 g/mol. The van der Waals surface area contributed by atoms with Gasteiger partial charge in [-0.1, -0.05) is 12.1 Å². The van der Waals surface area contributed by atoms with Crippen LogP contribution in [0.1, 0.15) is 12.8 Å². The van der Waals surface area contributed by atoms with Crippen LogP contribution in [0, 0.1) is 5.41 Å². The summed E-state index contributed by atoms with van der Waals surface area (Å²) in [5.74, 6) is 0. The molecule has 0 spiro atoms. The molecule has 0 saturated heterocycles. The zero-order valence-electron chi connectivity index (χ0n) is 8.49. The zero-order chi connectivity index (χ0) is 10.3. The van der Waals surface area contributed by atoms with Crippen molar-refractivity contribution in [1.82, 2.24) is 9.55 Å². The number of alkyl halides is 1. The molecule has 15 heavy (non-hydrogen) atoms. The summed E-state index contributed by atoms with van der Waals surface area (Å²) < 4.78 is 14.9. The van der Waals surface area contributed by atoms with Gasteiger partial charge in [-0.05, 0) is 25.0 Å². The Bertz CT molecular complexity index is 485. The first kappa shape index (κ1) is 8.89. The summed E-state index contributed by atoms with van der Waals surface area (Å²) in [6.45, 7) is 0.559. The molecule has 0 radical (unpaired) electrons. The third-order valence-electron chi connectivity index (χ3n) is 3.27. The molecule has 1 fully saturated rings. The normalized spacial score (nSPS) is 18.2. The minimum Gasteiger partial charge on any atom is -0.330 e. The van der Waals surface area contributed by atoms with E-state index < -0.39 is 0 Å². The zero-order valence-corrected chi connectivity index (χ0v) is 8.49. The summed E-state index contributed by atoms with van der Waals surface area (Å²) >= 11 is 0. The largest absolute Gasteiger partial charge is 0.330 e. The number of hydrogen-bond acceptors (Lipinski definition) is 1. The van der Waals surface area contributed by atoms with Crippen molar-refractivity contribution >= 4 is 11.0 Å². The van der Waals surface area contributed by atoms with Crippen LogP contribution in [-0.4, -0.2) is 16.2 Å². The maximum absolute atomic E-state index is 12.8. The van der Waals surface area contributed by atoms with E-state index in [1.54, 1.807) is 0 Å². The van der Waals surface area contributed by atoms with Crippen molar-refractivity contribution < 1.29 is 4.39 Å². The number of para-hydroxylation sites is 2. The number of aromatic nitrogens is 2. The van der Waals surface area contributed by atoms with Crippen LogP contribution in [0.5, 0.6) is 0 Å². The lowest BCUT2D eigenvalue weighted by Gasteiger charge is -2.11. The highest BCUT2D eigenvalue weighted by molar-refractivity contribution is 5.74. The van der Waals surface area contributed by atoms with Crippen molar-refractivity contribution in [2.45, 2.75) is 19.4 Å². The molecule has 1 aliphatic carbocycles. The smallest absolute Gasteiger partial charge is 0.0967 e. The Kier molecular flexibility index (Phi) is 1.81. The predicted octanol–water partition coefficient (Wildman–Crippen LogP) is 2.79. The average molecular weight is 204 g/mol. The minimum absolute atomic E-state index is 0.0799. The van der Waals surface area contributed by atoms with E-state index in [2.05, 4.69) is 9.55 Å². The van der Waals surface area contributed by atoms with Crippen LogP contribution in [-0.2, 0) is 6.54 Å². The molecule has 3 heteroatoms. The Morgan fingerprint density at radius 2 is 2.13 bits per heavy atom. The highest BCUT2D eigenvalue weighted by atomic mass is 19.1. The molecule has 1 aromatic heterocycles. The first-order valence-electron chi connectivity index (χ1n) is 5.29. The van der Waals surface area contributed by atoms with Crippen LogP contribution >= 0.6 is 0 Å². The van der Waals surface area contributed by atoms with Crippen LogP contribution in [0.4, 0.5) is 4.39 Å². The molecule has 3 rings (SSSR count). The minimum atomic E-state index is -0.209. The standard InChI is InChI=1S/C12H13FN2/c13-7-12(5-6-12)8-15-9-14-10-3-1-2-4-11(10)15/h1-4,9H,5-8H2. The fourth-order valence-corrected chi connectivity index (χ4v) is 2.01. The number of halogens is 1. The lowest BCUT2D eigenvalue weighted by Crippen LogP contribution is -2.12. The van der Waals surface area contributed by atoms with E-state index in [1.165, 1.54) is 0 Å². The van der Waals surface area contributed by atoms with E-state index in [0.717, 1.165) is 30.4 Å².